The van der Waals surface area contributed by atoms with E-state index in [4.69, 9.17) is 0 Å². The van der Waals surface area contributed by atoms with Crippen molar-refractivity contribution in [1.29, 1.82) is 0 Å². The van der Waals surface area contributed by atoms with Gasteiger partial charge in [-0.3, -0.25) is 19.3 Å². The zero-order valence-electron chi connectivity index (χ0n) is 14.7. The van der Waals surface area contributed by atoms with E-state index in [-0.39, 0.29) is 36.9 Å². The fourth-order valence-corrected chi connectivity index (χ4v) is 2.10. The van der Waals surface area contributed by atoms with E-state index in [2.05, 4.69) is 16.0 Å². The Kier molecular flexibility index (Phi) is 7.91. The molecule has 0 aliphatic heterocycles. The summed E-state index contributed by atoms with van der Waals surface area (Å²) in [6.07, 6.45) is 0. The number of carbonyl (C=O) groups is 3. The van der Waals surface area contributed by atoms with Crippen LogP contribution in [0.3, 0.4) is 0 Å². The first-order valence-electron chi connectivity index (χ1n) is 7.99. The number of carbonyl (C=O) groups excluding carboxylic acids is 3. The summed E-state index contributed by atoms with van der Waals surface area (Å²) in [5.41, 5.74) is 1.13. The second-order valence-corrected chi connectivity index (χ2v) is 5.73. The van der Waals surface area contributed by atoms with Gasteiger partial charge in [0.25, 0.3) is 5.91 Å². The third-order valence-corrected chi connectivity index (χ3v) is 3.29. The normalized spacial score (nSPS) is 10.6. The molecule has 0 bridgehead atoms. The van der Waals surface area contributed by atoms with Gasteiger partial charge in [-0.15, -0.1) is 0 Å². The van der Waals surface area contributed by atoms with Crippen molar-refractivity contribution in [2.24, 2.45) is 0 Å². The van der Waals surface area contributed by atoms with E-state index in [9.17, 15) is 14.4 Å². The average molecular weight is 334 g/mol. The summed E-state index contributed by atoms with van der Waals surface area (Å²) in [7, 11) is 1.56. The smallest absolute Gasteiger partial charge is 0.251 e. The minimum Gasteiger partial charge on any atom is -0.355 e. The molecule has 0 aromatic heterocycles. The lowest BCUT2D eigenvalue weighted by atomic mass is 10.2. The summed E-state index contributed by atoms with van der Waals surface area (Å²) in [4.78, 5) is 37.1. The van der Waals surface area contributed by atoms with Gasteiger partial charge in [0.2, 0.25) is 11.8 Å². The van der Waals surface area contributed by atoms with Crippen LogP contribution in [0.25, 0.3) is 0 Å². The van der Waals surface area contributed by atoms with Crippen LogP contribution in [-0.2, 0) is 9.59 Å². The Labute approximate surface area is 142 Å². The van der Waals surface area contributed by atoms with Gasteiger partial charge in [-0.25, -0.2) is 0 Å². The number of rotatable bonds is 8. The fourth-order valence-electron chi connectivity index (χ4n) is 2.10. The van der Waals surface area contributed by atoms with E-state index >= 15 is 0 Å². The molecule has 0 unspecified atom stereocenters. The topological polar surface area (TPSA) is 90.5 Å². The molecule has 1 rings (SSSR count). The summed E-state index contributed by atoms with van der Waals surface area (Å²) >= 11 is 0. The molecule has 1 aromatic carbocycles. The molecular weight excluding hydrogens is 308 g/mol. The monoisotopic (exact) mass is 334 g/mol. The van der Waals surface area contributed by atoms with E-state index in [0.29, 0.717) is 17.8 Å². The van der Waals surface area contributed by atoms with Crippen molar-refractivity contribution in [3.05, 3.63) is 29.8 Å². The minimum absolute atomic E-state index is 0.0730. The van der Waals surface area contributed by atoms with E-state index in [1.54, 1.807) is 36.2 Å². The second-order valence-electron chi connectivity index (χ2n) is 5.73. The third-order valence-electron chi connectivity index (χ3n) is 3.29. The molecule has 0 saturated carbocycles. The number of anilines is 1. The van der Waals surface area contributed by atoms with E-state index < -0.39 is 0 Å². The van der Waals surface area contributed by atoms with Gasteiger partial charge in [0.1, 0.15) is 0 Å². The standard InChI is InChI=1S/C17H26N4O3/c1-5-21(10-15(22)19-12(2)3)11-16(23)20-14-8-6-13(7-9-14)17(24)18-4/h6-9,12H,5,10-11H2,1-4H3,(H,18,24)(H,19,22)(H,20,23). The Morgan fingerprint density at radius 2 is 1.62 bits per heavy atom. The molecular formula is C17H26N4O3. The average Bonchev–Trinajstić information content (AvgIpc) is 2.53. The molecule has 0 aliphatic carbocycles. The summed E-state index contributed by atoms with van der Waals surface area (Å²) < 4.78 is 0. The van der Waals surface area contributed by atoms with Crippen molar-refractivity contribution < 1.29 is 14.4 Å². The lowest BCUT2D eigenvalue weighted by Gasteiger charge is -2.20. The number of nitrogens with one attached hydrogen (secondary N) is 3. The molecule has 0 heterocycles. The number of benzene rings is 1. The van der Waals surface area contributed by atoms with Crippen LogP contribution in [-0.4, -0.2) is 55.3 Å². The second kappa shape index (κ2) is 9.67. The quantitative estimate of drug-likeness (QED) is 0.657. The first-order valence-corrected chi connectivity index (χ1v) is 7.99. The number of hydrogen-bond acceptors (Lipinski definition) is 4. The predicted molar refractivity (Wildman–Crippen MR) is 93.9 cm³/mol. The van der Waals surface area contributed by atoms with Crippen molar-refractivity contribution in [1.82, 2.24) is 15.5 Å². The van der Waals surface area contributed by atoms with Gasteiger partial charge >= 0.3 is 0 Å². The molecule has 3 amide bonds. The fraction of sp³-hybridized carbons (Fsp3) is 0.471. The summed E-state index contributed by atoms with van der Waals surface area (Å²) in [5, 5.41) is 8.10. The van der Waals surface area contributed by atoms with Gasteiger partial charge < -0.3 is 16.0 Å². The molecule has 0 aliphatic rings. The Balaban J connectivity index is 2.54. The molecule has 0 atom stereocenters. The zero-order chi connectivity index (χ0) is 18.1. The maximum Gasteiger partial charge on any atom is 0.251 e. The first-order chi connectivity index (χ1) is 11.3. The molecule has 3 N–H and O–H groups in total. The third kappa shape index (κ3) is 6.78. The molecule has 24 heavy (non-hydrogen) atoms. The Bertz CT molecular complexity index is 570. The lowest BCUT2D eigenvalue weighted by Crippen LogP contribution is -2.42. The van der Waals surface area contributed by atoms with E-state index in [0.717, 1.165) is 0 Å². The highest BCUT2D eigenvalue weighted by Gasteiger charge is 2.14. The van der Waals surface area contributed by atoms with E-state index in [1.165, 1.54) is 0 Å². The highest BCUT2D eigenvalue weighted by atomic mass is 16.2. The lowest BCUT2D eigenvalue weighted by molar-refractivity contribution is -0.123. The zero-order valence-corrected chi connectivity index (χ0v) is 14.7. The van der Waals surface area contributed by atoms with Crippen molar-refractivity contribution in [3.8, 4) is 0 Å². The molecule has 0 fully saturated rings. The summed E-state index contributed by atoms with van der Waals surface area (Å²) in [6.45, 7) is 6.58. The van der Waals surface area contributed by atoms with Crippen LogP contribution >= 0.6 is 0 Å². The summed E-state index contributed by atoms with van der Waals surface area (Å²) in [6, 6.07) is 6.70. The molecule has 0 radical (unpaired) electrons. The van der Waals surface area contributed by atoms with Gasteiger partial charge in [0.05, 0.1) is 13.1 Å². The van der Waals surface area contributed by atoms with Crippen LogP contribution < -0.4 is 16.0 Å². The number of likely N-dealkylation sites (N-methyl/N-ethyl adjacent to an activating group) is 1. The van der Waals surface area contributed by atoms with Crippen molar-refractivity contribution in [3.63, 3.8) is 0 Å². The van der Waals surface area contributed by atoms with Crippen molar-refractivity contribution in [2.45, 2.75) is 26.8 Å². The van der Waals surface area contributed by atoms with Crippen LogP contribution in [0.5, 0.6) is 0 Å². The maximum atomic E-state index is 12.1. The highest BCUT2D eigenvalue weighted by molar-refractivity contribution is 5.96. The van der Waals surface area contributed by atoms with Gasteiger partial charge in [-0.2, -0.15) is 0 Å². The van der Waals surface area contributed by atoms with Crippen molar-refractivity contribution in [2.75, 3.05) is 32.0 Å². The number of hydrogen-bond donors (Lipinski definition) is 3. The number of nitrogens with zero attached hydrogens (tertiary/aromatic N) is 1. The van der Waals surface area contributed by atoms with Gasteiger partial charge in [-0.05, 0) is 44.7 Å². The molecule has 7 heteroatoms. The summed E-state index contributed by atoms with van der Waals surface area (Å²) in [5.74, 6) is -0.488. The highest BCUT2D eigenvalue weighted by Crippen LogP contribution is 2.09. The Morgan fingerprint density at radius 1 is 1.04 bits per heavy atom. The maximum absolute atomic E-state index is 12.1. The molecule has 7 nitrogen and oxygen atoms in total. The SMILES string of the molecule is CCN(CC(=O)Nc1ccc(C(=O)NC)cc1)CC(=O)NC(C)C. The molecule has 0 saturated heterocycles. The van der Waals surface area contributed by atoms with Gasteiger partial charge in [0, 0.05) is 24.3 Å². The molecule has 1 aromatic rings. The largest absolute Gasteiger partial charge is 0.355 e. The van der Waals surface area contributed by atoms with Crippen LogP contribution in [0.1, 0.15) is 31.1 Å². The van der Waals surface area contributed by atoms with Crippen LogP contribution in [0.15, 0.2) is 24.3 Å². The predicted octanol–water partition coefficient (Wildman–Crippen LogP) is 0.831. The first kappa shape index (κ1) is 19.6. The van der Waals surface area contributed by atoms with Crippen LogP contribution in [0.2, 0.25) is 0 Å². The van der Waals surface area contributed by atoms with Gasteiger partial charge in [0.15, 0.2) is 0 Å². The van der Waals surface area contributed by atoms with Crippen LogP contribution in [0.4, 0.5) is 5.69 Å². The van der Waals surface area contributed by atoms with Crippen molar-refractivity contribution >= 4 is 23.4 Å². The molecule has 0 spiro atoms. The Hall–Kier alpha value is -2.41. The Morgan fingerprint density at radius 3 is 2.12 bits per heavy atom. The number of amides is 3. The minimum atomic E-state index is -0.207. The molecule has 132 valence electrons. The van der Waals surface area contributed by atoms with Crippen LogP contribution in [0, 0.1) is 0 Å². The van der Waals surface area contributed by atoms with E-state index in [1.807, 2.05) is 20.8 Å². The van der Waals surface area contributed by atoms with Gasteiger partial charge in [-0.1, -0.05) is 6.92 Å².